The molecule has 1 aromatic heterocycles. The molecule has 82 valence electrons. The number of rotatable bonds is 3. The smallest absolute Gasteiger partial charge is 0.142 e. The van der Waals surface area contributed by atoms with Crippen molar-refractivity contribution in [3.63, 3.8) is 0 Å². The predicted molar refractivity (Wildman–Crippen MR) is 56.6 cm³/mol. The summed E-state index contributed by atoms with van der Waals surface area (Å²) in [5.74, 6) is 2.50. The second-order valence-corrected chi connectivity index (χ2v) is 4.60. The molecule has 0 bridgehead atoms. The summed E-state index contributed by atoms with van der Waals surface area (Å²) in [4.78, 5) is 11.0. The van der Waals surface area contributed by atoms with E-state index in [2.05, 4.69) is 24.0 Å². The highest BCUT2D eigenvalue weighted by molar-refractivity contribution is 5.56. The van der Waals surface area contributed by atoms with Crippen molar-refractivity contribution in [2.45, 2.75) is 45.6 Å². The van der Waals surface area contributed by atoms with Crippen molar-refractivity contribution in [3.05, 3.63) is 11.6 Å². The van der Waals surface area contributed by atoms with Crippen LogP contribution >= 0.6 is 0 Å². The van der Waals surface area contributed by atoms with Crippen molar-refractivity contribution in [2.75, 3.05) is 0 Å². The number of aromatic nitrogens is 3. The average Bonchev–Trinajstić information content (AvgIpc) is 2.61. The maximum atomic E-state index is 11.0. The first kappa shape index (κ1) is 10.3. The van der Waals surface area contributed by atoms with Crippen molar-refractivity contribution in [1.29, 1.82) is 0 Å². The van der Waals surface area contributed by atoms with Crippen LogP contribution < -0.4 is 0 Å². The maximum absolute atomic E-state index is 11.0. The Hall–Kier alpha value is -1.19. The highest BCUT2D eigenvalue weighted by atomic mass is 16.1. The third-order valence-corrected chi connectivity index (χ3v) is 2.82. The molecule has 0 radical (unpaired) electrons. The van der Waals surface area contributed by atoms with Crippen molar-refractivity contribution in [2.24, 2.45) is 5.92 Å². The van der Waals surface area contributed by atoms with Gasteiger partial charge in [-0.3, -0.25) is 0 Å². The summed E-state index contributed by atoms with van der Waals surface area (Å²) in [6.45, 7) is 4.31. The van der Waals surface area contributed by atoms with Crippen molar-refractivity contribution >= 4 is 6.29 Å². The number of carbonyl (C=O) groups is 1. The number of aryl methyl sites for hydroxylation is 1. The van der Waals surface area contributed by atoms with E-state index in [4.69, 9.17) is 0 Å². The lowest BCUT2D eigenvalue weighted by molar-refractivity contribution is -0.111. The van der Waals surface area contributed by atoms with Crippen molar-refractivity contribution in [3.8, 4) is 0 Å². The second-order valence-electron chi connectivity index (χ2n) is 4.60. The van der Waals surface area contributed by atoms with Crippen LogP contribution in [0.1, 0.15) is 44.4 Å². The van der Waals surface area contributed by atoms with Crippen LogP contribution in [0.2, 0.25) is 0 Å². The zero-order valence-corrected chi connectivity index (χ0v) is 9.31. The van der Waals surface area contributed by atoms with Crippen LogP contribution in [0.3, 0.4) is 0 Å². The molecule has 0 fully saturated rings. The van der Waals surface area contributed by atoms with Gasteiger partial charge < -0.3 is 9.36 Å². The number of hydrogen-bond acceptors (Lipinski definition) is 3. The van der Waals surface area contributed by atoms with Crippen LogP contribution in [0.5, 0.6) is 0 Å². The number of carbonyl (C=O) groups excluding carboxylic acids is 1. The summed E-state index contributed by atoms with van der Waals surface area (Å²) < 4.78 is 2.04. The maximum Gasteiger partial charge on any atom is 0.142 e. The Morgan fingerprint density at radius 1 is 1.53 bits per heavy atom. The summed E-state index contributed by atoms with van der Waals surface area (Å²) in [5, 5.41) is 8.35. The van der Waals surface area contributed by atoms with E-state index < -0.39 is 0 Å². The molecule has 1 aliphatic heterocycles. The molecule has 4 heteroatoms. The molecule has 0 amide bonds. The van der Waals surface area contributed by atoms with Gasteiger partial charge in [0, 0.05) is 12.8 Å². The summed E-state index contributed by atoms with van der Waals surface area (Å²) >= 11 is 0. The lowest BCUT2D eigenvalue weighted by atomic mass is 10.0. The summed E-state index contributed by atoms with van der Waals surface area (Å²) in [5.41, 5.74) is 0. The highest BCUT2D eigenvalue weighted by Gasteiger charge is 2.24. The van der Waals surface area contributed by atoms with Crippen molar-refractivity contribution < 1.29 is 4.79 Å². The molecule has 2 rings (SSSR count). The van der Waals surface area contributed by atoms with Crippen molar-refractivity contribution in [1.82, 2.24) is 14.8 Å². The van der Waals surface area contributed by atoms with E-state index >= 15 is 0 Å². The predicted octanol–water partition coefficient (Wildman–Crippen LogP) is 1.55. The van der Waals surface area contributed by atoms with Crippen LogP contribution in [0, 0.1) is 5.92 Å². The van der Waals surface area contributed by atoms with E-state index in [0.29, 0.717) is 5.92 Å². The minimum absolute atomic E-state index is 0.0301. The fourth-order valence-corrected chi connectivity index (χ4v) is 2.15. The van der Waals surface area contributed by atoms with E-state index in [1.807, 2.05) is 4.57 Å². The molecule has 0 aromatic carbocycles. The first-order valence-electron chi connectivity index (χ1n) is 5.60. The molecule has 1 unspecified atom stereocenters. The first-order chi connectivity index (χ1) is 7.22. The van der Waals surface area contributed by atoms with Gasteiger partial charge in [0.25, 0.3) is 0 Å². The van der Waals surface area contributed by atoms with Crippen LogP contribution in [-0.2, 0) is 17.6 Å². The molecule has 15 heavy (non-hydrogen) atoms. The molecule has 1 atom stereocenters. The minimum atomic E-state index is -0.0301. The SMILES string of the molecule is CC(C)Cc1nnc2n1C(C=O)CCC2. The van der Waals surface area contributed by atoms with E-state index in [9.17, 15) is 4.79 Å². The van der Waals surface area contributed by atoms with Gasteiger partial charge in [-0.15, -0.1) is 10.2 Å². The zero-order chi connectivity index (χ0) is 10.8. The number of aldehydes is 1. The van der Waals surface area contributed by atoms with Crippen LogP contribution in [-0.4, -0.2) is 21.1 Å². The molecule has 0 spiro atoms. The standard InChI is InChI=1S/C11H17N3O/c1-8(2)6-11-13-12-10-5-3-4-9(7-15)14(10)11/h7-9H,3-6H2,1-2H3. The normalized spacial score (nSPS) is 20.3. The molecule has 4 nitrogen and oxygen atoms in total. The molecule has 0 saturated heterocycles. The minimum Gasteiger partial charge on any atom is -0.305 e. The number of nitrogens with zero attached hydrogens (tertiary/aromatic N) is 3. The van der Waals surface area contributed by atoms with Gasteiger partial charge in [-0.2, -0.15) is 0 Å². The summed E-state index contributed by atoms with van der Waals surface area (Å²) in [6.07, 6.45) is 4.85. The van der Waals surface area contributed by atoms with E-state index in [1.54, 1.807) is 0 Å². The lowest BCUT2D eigenvalue weighted by Crippen LogP contribution is -2.21. The first-order valence-corrected chi connectivity index (χ1v) is 5.60. The topological polar surface area (TPSA) is 47.8 Å². The number of fused-ring (bicyclic) bond motifs is 1. The fraction of sp³-hybridized carbons (Fsp3) is 0.727. The molecule has 1 aliphatic rings. The Labute approximate surface area is 89.7 Å². The Bertz CT molecular complexity index is 357. The third kappa shape index (κ3) is 1.94. The third-order valence-electron chi connectivity index (χ3n) is 2.82. The average molecular weight is 207 g/mol. The molecular formula is C11H17N3O. The van der Waals surface area contributed by atoms with Gasteiger partial charge in [0.2, 0.25) is 0 Å². The van der Waals surface area contributed by atoms with Crippen LogP contribution in [0.4, 0.5) is 0 Å². The Morgan fingerprint density at radius 2 is 2.33 bits per heavy atom. The van der Waals surface area contributed by atoms with Gasteiger partial charge in [-0.05, 0) is 18.8 Å². The fourth-order valence-electron chi connectivity index (χ4n) is 2.15. The molecule has 1 aromatic rings. The largest absolute Gasteiger partial charge is 0.305 e. The lowest BCUT2D eigenvalue weighted by Gasteiger charge is -2.21. The molecular weight excluding hydrogens is 190 g/mol. The Morgan fingerprint density at radius 3 is 3.00 bits per heavy atom. The van der Waals surface area contributed by atoms with Gasteiger partial charge in [-0.25, -0.2) is 0 Å². The number of hydrogen-bond donors (Lipinski definition) is 0. The van der Waals surface area contributed by atoms with Gasteiger partial charge in [-0.1, -0.05) is 13.8 Å². The molecule has 2 heterocycles. The Balaban J connectivity index is 2.33. The molecule has 0 N–H and O–H groups in total. The monoisotopic (exact) mass is 207 g/mol. The molecule has 0 aliphatic carbocycles. The van der Waals surface area contributed by atoms with E-state index in [1.165, 1.54) is 0 Å². The van der Waals surface area contributed by atoms with Crippen LogP contribution in [0.15, 0.2) is 0 Å². The van der Waals surface area contributed by atoms with Gasteiger partial charge in [0.05, 0.1) is 6.04 Å². The molecule has 0 saturated carbocycles. The zero-order valence-electron chi connectivity index (χ0n) is 9.31. The summed E-state index contributed by atoms with van der Waals surface area (Å²) in [6, 6.07) is -0.0301. The van der Waals surface area contributed by atoms with Crippen LogP contribution in [0.25, 0.3) is 0 Å². The Kier molecular flexibility index (Phi) is 2.84. The van der Waals surface area contributed by atoms with Gasteiger partial charge in [0.1, 0.15) is 17.9 Å². The summed E-state index contributed by atoms with van der Waals surface area (Å²) in [7, 11) is 0. The van der Waals surface area contributed by atoms with Gasteiger partial charge >= 0.3 is 0 Å². The van der Waals surface area contributed by atoms with E-state index in [0.717, 1.165) is 43.6 Å². The van der Waals surface area contributed by atoms with Gasteiger partial charge in [0.15, 0.2) is 0 Å². The highest BCUT2D eigenvalue weighted by Crippen LogP contribution is 2.24. The second kappa shape index (κ2) is 4.13. The van der Waals surface area contributed by atoms with E-state index in [-0.39, 0.29) is 6.04 Å². The quantitative estimate of drug-likeness (QED) is 0.706.